The quantitative estimate of drug-likeness (QED) is 0.843. The first kappa shape index (κ1) is 12.4. The van der Waals surface area contributed by atoms with Crippen molar-refractivity contribution in [2.75, 3.05) is 7.05 Å². The van der Waals surface area contributed by atoms with Crippen LogP contribution in [0.5, 0.6) is 0 Å². The molecule has 1 aromatic heterocycles. The third kappa shape index (κ3) is 2.44. The Kier molecular flexibility index (Phi) is 3.66. The Balaban J connectivity index is 2.52. The molecule has 0 atom stereocenters. The summed E-state index contributed by atoms with van der Waals surface area (Å²) in [5.74, 6) is -0.504. The molecule has 0 aliphatic carbocycles. The van der Waals surface area contributed by atoms with E-state index in [9.17, 15) is 4.39 Å². The van der Waals surface area contributed by atoms with Crippen LogP contribution in [0.4, 0.5) is 4.39 Å². The molecule has 2 N–H and O–H groups in total. The Morgan fingerprint density at radius 1 is 1.35 bits per heavy atom. The maximum Gasteiger partial charge on any atom is 0.142 e. The minimum Gasteiger partial charge on any atom is -0.316 e. The number of hydrogen-bond acceptors (Lipinski definition) is 2. The molecule has 1 aromatic carbocycles. The first-order chi connectivity index (χ1) is 8.13. The van der Waals surface area contributed by atoms with Crippen molar-refractivity contribution in [3.63, 3.8) is 0 Å². The van der Waals surface area contributed by atoms with Crippen molar-refractivity contribution in [3.8, 4) is 11.3 Å². The van der Waals surface area contributed by atoms with Crippen LogP contribution in [0.25, 0.3) is 11.3 Å². The van der Waals surface area contributed by atoms with Gasteiger partial charge >= 0.3 is 0 Å². The summed E-state index contributed by atoms with van der Waals surface area (Å²) in [7, 11) is 1.82. The molecule has 0 bridgehead atoms. The van der Waals surface area contributed by atoms with E-state index in [1.165, 1.54) is 12.1 Å². The van der Waals surface area contributed by atoms with E-state index in [1.807, 2.05) is 7.05 Å². The summed E-state index contributed by atoms with van der Waals surface area (Å²) in [6.07, 6.45) is 1.68. The van der Waals surface area contributed by atoms with Gasteiger partial charge in [0.2, 0.25) is 0 Å². The lowest BCUT2D eigenvalue weighted by atomic mass is 10.1. The van der Waals surface area contributed by atoms with Gasteiger partial charge in [-0.1, -0.05) is 23.2 Å². The first-order valence-corrected chi connectivity index (χ1v) is 5.71. The topological polar surface area (TPSA) is 40.7 Å². The van der Waals surface area contributed by atoms with Crippen LogP contribution in [-0.2, 0) is 6.54 Å². The lowest BCUT2D eigenvalue weighted by Crippen LogP contribution is -2.05. The van der Waals surface area contributed by atoms with Crippen molar-refractivity contribution >= 4 is 23.2 Å². The second-order valence-corrected chi connectivity index (χ2v) is 4.36. The van der Waals surface area contributed by atoms with Crippen LogP contribution in [0.15, 0.2) is 18.3 Å². The molecule has 0 fully saturated rings. The van der Waals surface area contributed by atoms with Gasteiger partial charge < -0.3 is 5.32 Å². The number of rotatable bonds is 3. The fourth-order valence-corrected chi connectivity index (χ4v) is 2.06. The van der Waals surface area contributed by atoms with Crippen molar-refractivity contribution in [1.29, 1.82) is 0 Å². The van der Waals surface area contributed by atoms with Gasteiger partial charge in [-0.05, 0) is 19.2 Å². The molecular weight excluding hydrogens is 264 g/mol. The number of hydrogen-bond donors (Lipinski definition) is 2. The molecule has 3 nitrogen and oxygen atoms in total. The molecule has 0 aliphatic heterocycles. The number of nitrogens with one attached hydrogen (secondary N) is 2. The average molecular weight is 274 g/mol. The monoisotopic (exact) mass is 273 g/mol. The van der Waals surface area contributed by atoms with E-state index < -0.39 is 5.82 Å². The zero-order valence-electron chi connectivity index (χ0n) is 9.02. The van der Waals surface area contributed by atoms with E-state index in [2.05, 4.69) is 15.5 Å². The highest BCUT2D eigenvalue weighted by Gasteiger charge is 2.13. The highest BCUT2D eigenvalue weighted by molar-refractivity contribution is 6.36. The number of halogens is 3. The maximum atomic E-state index is 13.4. The molecular formula is C11H10Cl2FN3. The predicted octanol–water partition coefficient (Wildman–Crippen LogP) is 3.24. The third-order valence-corrected chi connectivity index (χ3v) is 2.97. The van der Waals surface area contributed by atoms with Gasteiger partial charge in [0, 0.05) is 17.7 Å². The van der Waals surface area contributed by atoms with E-state index in [4.69, 9.17) is 23.2 Å². The molecule has 0 saturated carbocycles. The van der Waals surface area contributed by atoms with Gasteiger partial charge in [0.25, 0.3) is 0 Å². The van der Waals surface area contributed by atoms with E-state index >= 15 is 0 Å². The van der Waals surface area contributed by atoms with E-state index in [0.717, 1.165) is 5.56 Å². The second-order valence-electron chi connectivity index (χ2n) is 3.55. The van der Waals surface area contributed by atoms with Crippen molar-refractivity contribution < 1.29 is 4.39 Å². The van der Waals surface area contributed by atoms with Crippen LogP contribution in [0, 0.1) is 5.82 Å². The van der Waals surface area contributed by atoms with Gasteiger partial charge in [-0.25, -0.2) is 4.39 Å². The molecule has 0 aliphatic rings. The van der Waals surface area contributed by atoms with Crippen LogP contribution >= 0.6 is 23.2 Å². The summed E-state index contributed by atoms with van der Waals surface area (Å²) in [6, 6.07) is 2.69. The van der Waals surface area contributed by atoms with Gasteiger partial charge in [0.05, 0.1) is 21.9 Å². The van der Waals surface area contributed by atoms with Gasteiger partial charge in [0.1, 0.15) is 5.82 Å². The van der Waals surface area contributed by atoms with E-state index in [-0.39, 0.29) is 5.02 Å². The molecule has 0 radical (unpaired) electrons. The highest BCUT2D eigenvalue weighted by atomic mass is 35.5. The second kappa shape index (κ2) is 5.04. The van der Waals surface area contributed by atoms with Crippen LogP contribution < -0.4 is 5.32 Å². The summed E-state index contributed by atoms with van der Waals surface area (Å²) in [5, 5.41) is 10.1. The first-order valence-electron chi connectivity index (χ1n) is 4.95. The summed E-state index contributed by atoms with van der Waals surface area (Å²) < 4.78 is 13.4. The number of nitrogens with zero attached hydrogens (tertiary/aromatic N) is 1. The molecule has 0 saturated heterocycles. The molecule has 2 aromatic rings. The highest BCUT2D eigenvalue weighted by Crippen LogP contribution is 2.32. The van der Waals surface area contributed by atoms with Crippen LogP contribution in [0.1, 0.15) is 5.56 Å². The summed E-state index contributed by atoms with van der Waals surface area (Å²) in [6.45, 7) is 0.617. The SMILES string of the molecule is CNCc1cn[nH]c1-c1cc(F)c(Cl)cc1Cl. The molecule has 90 valence electrons. The van der Waals surface area contributed by atoms with Crippen molar-refractivity contribution in [1.82, 2.24) is 15.5 Å². The number of aromatic amines is 1. The van der Waals surface area contributed by atoms with Crippen LogP contribution in [0.3, 0.4) is 0 Å². The molecule has 0 unspecified atom stereocenters. The molecule has 0 amide bonds. The van der Waals surface area contributed by atoms with Gasteiger partial charge in [-0.2, -0.15) is 5.10 Å². The number of H-pyrrole nitrogens is 1. The Morgan fingerprint density at radius 3 is 2.82 bits per heavy atom. The van der Waals surface area contributed by atoms with Gasteiger partial charge in [-0.15, -0.1) is 0 Å². The van der Waals surface area contributed by atoms with E-state index in [0.29, 0.717) is 22.8 Å². The van der Waals surface area contributed by atoms with Crippen molar-refractivity contribution in [3.05, 3.63) is 39.8 Å². The minimum absolute atomic E-state index is 0.00781. The number of benzene rings is 1. The number of aromatic nitrogens is 2. The Bertz CT molecular complexity index is 540. The normalized spacial score (nSPS) is 10.8. The summed E-state index contributed by atoms with van der Waals surface area (Å²) in [4.78, 5) is 0. The minimum atomic E-state index is -0.504. The smallest absolute Gasteiger partial charge is 0.142 e. The fraction of sp³-hybridized carbons (Fsp3) is 0.182. The van der Waals surface area contributed by atoms with Crippen LogP contribution in [0.2, 0.25) is 10.0 Å². The lowest BCUT2D eigenvalue weighted by Gasteiger charge is -2.06. The Labute approximate surface area is 108 Å². The van der Waals surface area contributed by atoms with Gasteiger partial charge in [0.15, 0.2) is 0 Å². The zero-order chi connectivity index (χ0) is 12.4. The Morgan fingerprint density at radius 2 is 2.12 bits per heavy atom. The van der Waals surface area contributed by atoms with Crippen molar-refractivity contribution in [2.24, 2.45) is 0 Å². The maximum absolute atomic E-state index is 13.4. The Hall–Kier alpha value is -1.10. The molecule has 17 heavy (non-hydrogen) atoms. The summed E-state index contributed by atoms with van der Waals surface area (Å²) >= 11 is 11.7. The molecule has 1 heterocycles. The van der Waals surface area contributed by atoms with Crippen LogP contribution in [-0.4, -0.2) is 17.2 Å². The predicted molar refractivity (Wildman–Crippen MR) is 66.8 cm³/mol. The fourth-order valence-electron chi connectivity index (χ4n) is 1.58. The molecule has 0 spiro atoms. The lowest BCUT2D eigenvalue weighted by molar-refractivity contribution is 0.628. The molecule has 6 heteroatoms. The molecule has 2 rings (SSSR count). The standard InChI is InChI=1S/C11H10Cl2FN3/c1-15-4-6-5-16-17-11(6)7-2-10(14)9(13)3-8(7)12/h2-3,5,15H,4H2,1H3,(H,16,17). The van der Waals surface area contributed by atoms with E-state index in [1.54, 1.807) is 6.20 Å². The van der Waals surface area contributed by atoms with Gasteiger partial charge in [-0.3, -0.25) is 5.10 Å². The van der Waals surface area contributed by atoms with Crippen molar-refractivity contribution in [2.45, 2.75) is 6.54 Å². The third-order valence-electron chi connectivity index (χ3n) is 2.36. The zero-order valence-corrected chi connectivity index (χ0v) is 10.5. The average Bonchev–Trinajstić information content (AvgIpc) is 2.72. The largest absolute Gasteiger partial charge is 0.316 e. The summed E-state index contributed by atoms with van der Waals surface area (Å²) in [5.41, 5.74) is 2.16.